The molecule has 0 aliphatic heterocycles. The second kappa shape index (κ2) is 9.69. The van der Waals surface area contributed by atoms with Gasteiger partial charge in [-0.1, -0.05) is 6.07 Å². The van der Waals surface area contributed by atoms with E-state index in [1.165, 1.54) is 0 Å². The Morgan fingerprint density at radius 3 is 2.32 bits per heavy atom. The summed E-state index contributed by atoms with van der Waals surface area (Å²) in [5.41, 5.74) is 1.53. The fourth-order valence-electron chi connectivity index (χ4n) is 2.39. The van der Waals surface area contributed by atoms with E-state index in [2.05, 4.69) is 43.2 Å². The van der Waals surface area contributed by atoms with Gasteiger partial charge in [-0.05, 0) is 51.8 Å². The maximum atomic E-state index is 11.3. The van der Waals surface area contributed by atoms with E-state index in [1.54, 1.807) is 13.1 Å². The molecule has 1 aromatic carbocycles. The highest BCUT2D eigenvalue weighted by molar-refractivity contribution is 8.93. The monoisotopic (exact) mass is 373 g/mol. The lowest BCUT2D eigenvalue weighted by molar-refractivity contribution is 0.177. The second-order valence-corrected chi connectivity index (χ2v) is 5.73. The number of amides is 2. The Labute approximate surface area is 143 Å². The molecule has 0 spiro atoms. The first-order chi connectivity index (χ1) is 9.85. The van der Waals surface area contributed by atoms with Gasteiger partial charge in [0.15, 0.2) is 0 Å². The van der Waals surface area contributed by atoms with Crippen molar-refractivity contribution >= 4 is 28.7 Å². The number of hydrogen-bond acceptors (Lipinski definition) is 3. The molecule has 0 aliphatic rings. The number of anilines is 1. The van der Waals surface area contributed by atoms with Gasteiger partial charge in [-0.15, -0.1) is 17.0 Å². The molecule has 126 valence electrons. The van der Waals surface area contributed by atoms with Crippen molar-refractivity contribution in [1.29, 1.82) is 0 Å². The quantitative estimate of drug-likeness (QED) is 0.669. The van der Waals surface area contributed by atoms with Gasteiger partial charge in [-0.2, -0.15) is 0 Å². The molecule has 3 N–H and O–H groups in total. The van der Waals surface area contributed by atoms with E-state index in [4.69, 9.17) is 0 Å². The number of nitrogens with zero attached hydrogens (tertiary/aromatic N) is 1. The van der Waals surface area contributed by atoms with E-state index in [0.717, 1.165) is 18.5 Å². The number of aromatic hydroxyl groups is 1. The van der Waals surface area contributed by atoms with E-state index in [9.17, 15) is 9.90 Å². The Morgan fingerprint density at radius 1 is 1.23 bits per heavy atom. The van der Waals surface area contributed by atoms with Crippen LogP contribution in [0.3, 0.4) is 0 Å². The molecule has 0 unspecified atom stereocenters. The third-order valence-corrected chi connectivity index (χ3v) is 3.52. The predicted molar refractivity (Wildman–Crippen MR) is 97.2 cm³/mol. The van der Waals surface area contributed by atoms with Gasteiger partial charge in [-0.3, -0.25) is 4.90 Å². The first-order valence-corrected chi connectivity index (χ1v) is 7.41. The van der Waals surface area contributed by atoms with Crippen LogP contribution in [0.25, 0.3) is 0 Å². The fraction of sp³-hybridized carbons (Fsp3) is 0.562. The molecular formula is C16H28BrN3O2. The highest BCUT2D eigenvalue weighted by atomic mass is 79.9. The zero-order valence-corrected chi connectivity index (χ0v) is 15.7. The van der Waals surface area contributed by atoms with Gasteiger partial charge >= 0.3 is 6.03 Å². The number of nitrogens with one attached hydrogen (secondary N) is 2. The smallest absolute Gasteiger partial charge is 0.319 e. The Hall–Kier alpha value is -1.27. The zero-order chi connectivity index (χ0) is 16.0. The van der Waals surface area contributed by atoms with Crippen LogP contribution in [0.4, 0.5) is 10.5 Å². The molecule has 22 heavy (non-hydrogen) atoms. The van der Waals surface area contributed by atoms with Gasteiger partial charge in [-0.25, -0.2) is 4.79 Å². The van der Waals surface area contributed by atoms with Gasteiger partial charge in [0.2, 0.25) is 0 Å². The molecule has 0 bridgehead atoms. The average Bonchev–Trinajstić information content (AvgIpc) is 2.41. The minimum absolute atomic E-state index is 0. The molecule has 1 rings (SSSR count). The first-order valence-electron chi connectivity index (χ1n) is 7.41. The van der Waals surface area contributed by atoms with Crippen LogP contribution in [0, 0.1) is 0 Å². The predicted octanol–water partition coefficient (Wildman–Crippen LogP) is 3.38. The Kier molecular flexibility index (Phi) is 9.13. The van der Waals surface area contributed by atoms with Crippen LogP contribution in [-0.2, 0) is 6.42 Å². The molecule has 0 aliphatic carbocycles. The standard InChI is InChI=1S/C16H27N3O2.BrH/c1-11(2)19(12(3)4)9-8-13-6-7-15(20)14(10-13)18-16(21)17-5;/h6-7,10-12,20H,8-9H2,1-5H3,(H2,17,18,21);1H. The molecule has 0 radical (unpaired) electrons. The van der Waals surface area contributed by atoms with Gasteiger partial charge in [0.05, 0.1) is 5.69 Å². The summed E-state index contributed by atoms with van der Waals surface area (Å²) >= 11 is 0. The lowest BCUT2D eigenvalue weighted by Gasteiger charge is -2.30. The Balaban J connectivity index is 0.00000441. The summed E-state index contributed by atoms with van der Waals surface area (Å²) in [4.78, 5) is 13.8. The number of urea groups is 1. The summed E-state index contributed by atoms with van der Waals surface area (Å²) in [6, 6.07) is 5.98. The van der Waals surface area contributed by atoms with Gasteiger partial charge in [0, 0.05) is 25.7 Å². The second-order valence-electron chi connectivity index (χ2n) is 5.73. The van der Waals surface area contributed by atoms with Crippen molar-refractivity contribution in [3.8, 4) is 5.75 Å². The Morgan fingerprint density at radius 2 is 1.82 bits per heavy atom. The lowest BCUT2D eigenvalue weighted by Crippen LogP contribution is -2.38. The molecule has 5 nitrogen and oxygen atoms in total. The largest absolute Gasteiger partial charge is 0.506 e. The molecule has 0 aromatic heterocycles. The molecule has 0 saturated heterocycles. The van der Waals surface area contributed by atoms with Crippen LogP contribution in [0.15, 0.2) is 18.2 Å². The Bertz CT molecular complexity index is 470. The molecule has 1 aromatic rings. The van der Waals surface area contributed by atoms with E-state index in [1.807, 2.05) is 12.1 Å². The number of carbonyl (C=O) groups excluding carboxylic acids is 1. The van der Waals surface area contributed by atoms with Crippen molar-refractivity contribution in [2.45, 2.75) is 46.2 Å². The summed E-state index contributed by atoms with van der Waals surface area (Å²) in [5.74, 6) is 0.0759. The summed E-state index contributed by atoms with van der Waals surface area (Å²) in [7, 11) is 1.54. The molecule has 6 heteroatoms. The molecular weight excluding hydrogens is 346 g/mol. The third kappa shape index (κ3) is 6.23. The van der Waals surface area contributed by atoms with Crippen molar-refractivity contribution in [1.82, 2.24) is 10.2 Å². The normalized spacial score (nSPS) is 10.7. The van der Waals surface area contributed by atoms with Gasteiger partial charge < -0.3 is 15.7 Å². The maximum Gasteiger partial charge on any atom is 0.319 e. The van der Waals surface area contributed by atoms with Crippen molar-refractivity contribution in [3.63, 3.8) is 0 Å². The van der Waals surface area contributed by atoms with E-state index < -0.39 is 0 Å². The fourth-order valence-corrected chi connectivity index (χ4v) is 2.39. The van der Waals surface area contributed by atoms with Crippen molar-refractivity contribution in [2.75, 3.05) is 18.9 Å². The van der Waals surface area contributed by atoms with Crippen LogP contribution in [0.5, 0.6) is 5.75 Å². The number of halogens is 1. The summed E-state index contributed by atoms with van der Waals surface area (Å²) in [6.07, 6.45) is 0.874. The number of phenolic OH excluding ortho intramolecular Hbond substituents is 1. The number of hydrogen-bond donors (Lipinski definition) is 3. The molecule has 0 fully saturated rings. The number of benzene rings is 1. The molecule has 2 amide bonds. The van der Waals surface area contributed by atoms with Gasteiger partial charge in [0.1, 0.15) is 5.75 Å². The van der Waals surface area contributed by atoms with Crippen LogP contribution < -0.4 is 10.6 Å². The molecule has 0 saturated carbocycles. The minimum Gasteiger partial charge on any atom is -0.506 e. The van der Waals surface area contributed by atoms with Crippen molar-refractivity contribution in [2.24, 2.45) is 0 Å². The number of carbonyl (C=O) groups is 1. The number of phenols is 1. The molecule has 0 heterocycles. The van der Waals surface area contributed by atoms with Crippen LogP contribution >= 0.6 is 17.0 Å². The maximum absolute atomic E-state index is 11.3. The lowest BCUT2D eigenvalue weighted by atomic mass is 10.1. The topological polar surface area (TPSA) is 64.6 Å². The molecule has 0 atom stereocenters. The van der Waals surface area contributed by atoms with E-state index >= 15 is 0 Å². The van der Waals surface area contributed by atoms with Crippen LogP contribution in [0.2, 0.25) is 0 Å². The summed E-state index contributed by atoms with van der Waals surface area (Å²) < 4.78 is 0. The zero-order valence-electron chi connectivity index (χ0n) is 14.0. The average molecular weight is 374 g/mol. The van der Waals surface area contributed by atoms with Crippen molar-refractivity contribution < 1.29 is 9.90 Å². The third-order valence-electron chi connectivity index (χ3n) is 3.52. The highest BCUT2D eigenvalue weighted by Crippen LogP contribution is 2.24. The minimum atomic E-state index is -0.339. The SMILES string of the molecule is Br.CNC(=O)Nc1cc(CCN(C(C)C)C(C)C)ccc1O. The van der Waals surface area contributed by atoms with Gasteiger partial charge in [0.25, 0.3) is 0 Å². The summed E-state index contributed by atoms with van der Waals surface area (Å²) in [5, 5.41) is 14.9. The van der Waals surface area contributed by atoms with Crippen LogP contribution in [0.1, 0.15) is 33.3 Å². The van der Waals surface area contributed by atoms with E-state index in [-0.39, 0.29) is 28.8 Å². The van der Waals surface area contributed by atoms with Crippen molar-refractivity contribution in [3.05, 3.63) is 23.8 Å². The highest BCUT2D eigenvalue weighted by Gasteiger charge is 2.13. The van der Waals surface area contributed by atoms with E-state index in [0.29, 0.717) is 17.8 Å². The first kappa shape index (κ1) is 20.7. The number of rotatable bonds is 6. The summed E-state index contributed by atoms with van der Waals surface area (Å²) in [6.45, 7) is 9.70. The van der Waals surface area contributed by atoms with Crippen LogP contribution in [-0.4, -0.2) is 41.7 Å².